The zero-order chi connectivity index (χ0) is 12.6. The van der Waals surface area contributed by atoms with E-state index in [2.05, 4.69) is 0 Å². The van der Waals surface area contributed by atoms with Gasteiger partial charge in [0.15, 0.2) is 0 Å². The number of aromatic hydroxyl groups is 1. The number of likely N-dealkylation sites (tertiary alicyclic amines) is 1. The lowest BCUT2D eigenvalue weighted by molar-refractivity contribution is 0.0451. The fourth-order valence-corrected chi connectivity index (χ4v) is 1.96. The highest BCUT2D eigenvalue weighted by molar-refractivity contribution is 5.97. The van der Waals surface area contributed by atoms with E-state index in [4.69, 9.17) is 10.5 Å². The third-order valence-corrected chi connectivity index (χ3v) is 2.83. The third-order valence-electron chi connectivity index (χ3n) is 2.83. The van der Waals surface area contributed by atoms with Gasteiger partial charge in [0.05, 0.1) is 12.7 Å². The third kappa shape index (κ3) is 2.19. The van der Waals surface area contributed by atoms with E-state index in [9.17, 15) is 9.90 Å². The molecule has 0 saturated carbocycles. The van der Waals surface area contributed by atoms with Crippen molar-refractivity contribution in [2.24, 2.45) is 5.73 Å². The van der Waals surface area contributed by atoms with E-state index >= 15 is 0 Å². The summed E-state index contributed by atoms with van der Waals surface area (Å²) in [5.74, 6) is 0.249. The van der Waals surface area contributed by atoms with Crippen molar-refractivity contribution >= 4 is 5.91 Å². The Morgan fingerprint density at radius 1 is 1.53 bits per heavy atom. The Kier molecular flexibility index (Phi) is 2.71. The fourth-order valence-electron chi connectivity index (χ4n) is 1.96. The average Bonchev–Trinajstić information content (AvgIpc) is 2.24. The summed E-state index contributed by atoms with van der Waals surface area (Å²) in [5, 5.41) is 9.73. The molecule has 2 rings (SSSR count). The molecule has 0 unspecified atom stereocenters. The lowest BCUT2D eigenvalue weighted by Gasteiger charge is -2.45. The van der Waals surface area contributed by atoms with Crippen LogP contribution in [0.1, 0.15) is 17.3 Å². The molecule has 1 aromatic rings. The zero-order valence-electron chi connectivity index (χ0n) is 9.93. The standard InChI is InChI=1S/C12H16N2O3/c1-12(13)6-14(7-12)11(16)9-4-3-8(17-2)5-10(9)15/h3-5,15H,6-7,13H2,1-2H3. The molecule has 1 fully saturated rings. The Hall–Kier alpha value is -1.75. The monoisotopic (exact) mass is 236 g/mol. The van der Waals surface area contributed by atoms with Crippen LogP contribution in [0.4, 0.5) is 0 Å². The van der Waals surface area contributed by atoms with Gasteiger partial charge in [-0.05, 0) is 19.1 Å². The Labute approximate surface area is 99.8 Å². The van der Waals surface area contributed by atoms with Gasteiger partial charge in [-0.15, -0.1) is 0 Å². The summed E-state index contributed by atoms with van der Waals surface area (Å²) in [6, 6.07) is 4.63. The van der Waals surface area contributed by atoms with E-state index in [-0.39, 0.29) is 22.8 Å². The molecule has 5 heteroatoms. The minimum absolute atomic E-state index is 0.0695. The number of phenolic OH excluding ortho intramolecular Hbond substituents is 1. The van der Waals surface area contributed by atoms with Crippen molar-refractivity contribution in [1.29, 1.82) is 0 Å². The average molecular weight is 236 g/mol. The molecule has 1 aliphatic heterocycles. The summed E-state index contributed by atoms with van der Waals surface area (Å²) in [6.45, 7) is 2.92. The molecular formula is C12H16N2O3. The summed E-state index contributed by atoms with van der Waals surface area (Å²) in [4.78, 5) is 13.6. The first-order valence-corrected chi connectivity index (χ1v) is 5.38. The van der Waals surface area contributed by atoms with Crippen molar-refractivity contribution in [3.05, 3.63) is 23.8 Å². The molecule has 1 heterocycles. The molecule has 0 aromatic heterocycles. The van der Waals surface area contributed by atoms with Gasteiger partial charge in [-0.25, -0.2) is 0 Å². The number of carbonyl (C=O) groups is 1. The Bertz CT molecular complexity index is 449. The second-order valence-electron chi connectivity index (χ2n) is 4.70. The molecule has 1 amide bonds. The second-order valence-corrected chi connectivity index (χ2v) is 4.70. The summed E-state index contributed by atoms with van der Waals surface area (Å²) < 4.78 is 4.96. The molecule has 0 aliphatic carbocycles. The van der Waals surface area contributed by atoms with Gasteiger partial charge in [-0.1, -0.05) is 0 Å². The molecule has 92 valence electrons. The number of benzene rings is 1. The first kappa shape index (κ1) is 11.7. The van der Waals surface area contributed by atoms with E-state index in [1.165, 1.54) is 13.2 Å². The van der Waals surface area contributed by atoms with Crippen LogP contribution in [0.5, 0.6) is 11.5 Å². The van der Waals surface area contributed by atoms with E-state index in [1.807, 2.05) is 6.92 Å². The number of nitrogens with zero attached hydrogens (tertiary/aromatic N) is 1. The molecule has 1 aromatic carbocycles. The summed E-state index contributed by atoms with van der Waals surface area (Å²) in [5.41, 5.74) is 5.81. The maximum Gasteiger partial charge on any atom is 0.257 e. The van der Waals surface area contributed by atoms with Crippen molar-refractivity contribution in [3.8, 4) is 11.5 Å². The Morgan fingerprint density at radius 3 is 2.65 bits per heavy atom. The van der Waals surface area contributed by atoms with Crippen LogP contribution >= 0.6 is 0 Å². The number of carbonyl (C=O) groups excluding carboxylic acids is 1. The van der Waals surface area contributed by atoms with Gasteiger partial charge < -0.3 is 20.5 Å². The van der Waals surface area contributed by atoms with Crippen LogP contribution in [0.25, 0.3) is 0 Å². The largest absolute Gasteiger partial charge is 0.507 e. The Morgan fingerprint density at radius 2 is 2.18 bits per heavy atom. The molecule has 1 saturated heterocycles. The first-order chi connectivity index (χ1) is 7.93. The molecule has 0 spiro atoms. The van der Waals surface area contributed by atoms with Crippen LogP contribution in [-0.4, -0.2) is 41.7 Å². The molecule has 17 heavy (non-hydrogen) atoms. The maximum absolute atomic E-state index is 12.0. The first-order valence-electron chi connectivity index (χ1n) is 5.38. The molecule has 1 aliphatic rings. The van der Waals surface area contributed by atoms with E-state index < -0.39 is 0 Å². The van der Waals surface area contributed by atoms with Gasteiger partial charge in [-0.3, -0.25) is 4.79 Å². The lowest BCUT2D eigenvalue weighted by Crippen LogP contribution is -2.66. The molecule has 3 N–H and O–H groups in total. The van der Waals surface area contributed by atoms with Gasteiger partial charge in [0, 0.05) is 24.7 Å². The summed E-state index contributed by atoms with van der Waals surface area (Å²) in [6.07, 6.45) is 0. The highest BCUT2D eigenvalue weighted by Gasteiger charge is 2.38. The highest BCUT2D eigenvalue weighted by Crippen LogP contribution is 2.27. The fraction of sp³-hybridized carbons (Fsp3) is 0.417. The minimum atomic E-state index is -0.308. The van der Waals surface area contributed by atoms with Crippen LogP contribution in [0.2, 0.25) is 0 Å². The van der Waals surface area contributed by atoms with Crippen molar-refractivity contribution in [2.45, 2.75) is 12.5 Å². The number of hydrogen-bond acceptors (Lipinski definition) is 4. The highest BCUT2D eigenvalue weighted by atomic mass is 16.5. The number of ether oxygens (including phenoxy) is 1. The lowest BCUT2D eigenvalue weighted by atomic mass is 9.93. The molecule has 0 bridgehead atoms. The van der Waals surface area contributed by atoms with Crippen LogP contribution in [0.3, 0.4) is 0 Å². The smallest absolute Gasteiger partial charge is 0.257 e. The van der Waals surface area contributed by atoms with Crippen LogP contribution in [-0.2, 0) is 0 Å². The summed E-state index contributed by atoms with van der Waals surface area (Å²) in [7, 11) is 1.51. The normalized spacial score (nSPS) is 17.5. The number of methoxy groups -OCH3 is 1. The van der Waals surface area contributed by atoms with Gasteiger partial charge in [0.1, 0.15) is 11.5 Å². The summed E-state index contributed by atoms with van der Waals surface area (Å²) >= 11 is 0. The number of amides is 1. The van der Waals surface area contributed by atoms with Crippen molar-refractivity contribution in [1.82, 2.24) is 4.90 Å². The molecular weight excluding hydrogens is 220 g/mol. The number of nitrogens with two attached hydrogens (primary N) is 1. The van der Waals surface area contributed by atoms with Gasteiger partial charge >= 0.3 is 0 Å². The van der Waals surface area contributed by atoms with Crippen LogP contribution < -0.4 is 10.5 Å². The number of hydrogen-bond donors (Lipinski definition) is 2. The topological polar surface area (TPSA) is 75.8 Å². The zero-order valence-corrected chi connectivity index (χ0v) is 9.93. The molecule has 0 atom stereocenters. The van der Waals surface area contributed by atoms with Crippen molar-refractivity contribution in [2.75, 3.05) is 20.2 Å². The van der Waals surface area contributed by atoms with Gasteiger partial charge in [0.25, 0.3) is 5.91 Å². The quantitative estimate of drug-likeness (QED) is 0.787. The van der Waals surface area contributed by atoms with Gasteiger partial charge in [0.2, 0.25) is 0 Å². The van der Waals surface area contributed by atoms with Crippen LogP contribution in [0.15, 0.2) is 18.2 Å². The van der Waals surface area contributed by atoms with E-state index in [0.717, 1.165) is 0 Å². The van der Waals surface area contributed by atoms with Crippen molar-refractivity contribution < 1.29 is 14.6 Å². The number of rotatable bonds is 2. The predicted octanol–water partition coefficient (Wildman–Crippen LogP) is 0.574. The minimum Gasteiger partial charge on any atom is -0.507 e. The van der Waals surface area contributed by atoms with E-state index in [1.54, 1.807) is 17.0 Å². The molecule has 5 nitrogen and oxygen atoms in total. The van der Waals surface area contributed by atoms with E-state index in [0.29, 0.717) is 18.8 Å². The van der Waals surface area contributed by atoms with Crippen LogP contribution in [0, 0.1) is 0 Å². The SMILES string of the molecule is COc1ccc(C(=O)N2CC(C)(N)C2)c(O)c1. The molecule has 0 radical (unpaired) electrons. The number of phenols is 1. The van der Waals surface area contributed by atoms with Crippen molar-refractivity contribution in [3.63, 3.8) is 0 Å². The Balaban J connectivity index is 2.15. The maximum atomic E-state index is 12.0. The van der Waals surface area contributed by atoms with Gasteiger partial charge in [-0.2, -0.15) is 0 Å². The predicted molar refractivity (Wildman–Crippen MR) is 63.2 cm³/mol. The second kappa shape index (κ2) is 3.92.